The number of benzene rings is 4. The van der Waals surface area contributed by atoms with Gasteiger partial charge in [0.1, 0.15) is 22.9 Å². The van der Waals surface area contributed by atoms with Crippen LogP contribution in [0, 0.1) is 0 Å². The summed E-state index contributed by atoms with van der Waals surface area (Å²) in [5.74, 6) is 0.422. The highest BCUT2D eigenvalue weighted by Crippen LogP contribution is 2.29. The van der Waals surface area contributed by atoms with E-state index in [1.54, 1.807) is 84.9 Å². The van der Waals surface area contributed by atoms with Crippen LogP contribution in [0.1, 0.15) is 15.9 Å². The number of rotatable bonds is 12. The monoisotopic (exact) mass is 631 g/mol. The summed E-state index contributed by atoms with van der Waals surface area (Å²) in [6.07, 6.45) is 1.52. The number of methoxy groups -OCH3 is 3. The zero-order chi connectivity index (χ0) is 31.5. The highest BCUT2D eigenvalue weighted by Gasteiger charge is 2.17. The molecule has 226 valence electrons. The average Bonchev–Trinajstić information content (AvgIpc) is 3.04. The molecule has 9 nitrogen and oxygen atoms in total. The van der Waals surface area contributed by atoms with Crippen LogP contribution in [0.4, 0.5) is 11.4 Å². The molecular weight excluding hydrogens is 602 g/mol. The van der Waals surface area contributed by atoms with Crippen molar-refractivity contribution in [2.24, 2.45) is 0 Å². The molecule has 0 atom stereocenters. The molecule has 4 aromatic rings. The minimum atomic E-state index is -0.560. The van der Waals surface area contributed by atoms with E-state index >= 15 is 0 Å². The van der Waals surface area contributed by atoms with Crippen molar-refractivity contribution >= 4 is 58.5 Å². The predicted octanol–water partition coefficient (Wildman–Crippen LogP) is 6.51. The Labute approximate surface area is 264 Å². The molecule has 0 heterocycles. The van der Waals surface area contributed by atoms with E-state index < -0.39 is 11.8 Å². The van der Waals surface area contributed by atoms with Gasteiger partial charge in [-0.05, 0) is 72.8 Å². The fraction of sp³-hybridized carbons (Fsp3) is 0.121. The van der Waals surface area contributed by atoms with Crippen molar-refractivity contribution in [3.05, 3.63) is 113 Å². The van der Waals surface area contributed by atoms with E-state index in [1.807, 2.05) is 6.07 Å². The van der Waals surface area contributed by atoms with Crippen molar-refractivity contribution in [3.63, 3.8) is 0 Å². The molecule has 3 amide bonds. The Bertz CT molecular complexity index is 1680. The molecule has 0 radical (unpaired) electrons. The van der Waals surface area contributed by atoms with Crippen LogP contribution in [-0.4, -0.2) is 44.8 Å². The average molecular weight is 632 g/mol. The van der Waals surface area contributed by atoms with Crippen molar-refractivity contribution < 1.29 is 28.6 Å². The second-order valence-corrected chi connectivity index (χ2v) is 10.6. The Morgan fingerprint density at radius 2 is 1.50 bits per heavy atom. The van der Waals surface area contributed by atoms with Crippen LogP contribution < -0.4 is 30.2 Å². The molecular formula is C33H30ClN3O6S. The van der Waals surface area contributed by atoms with Crippen molar-refractivity contribution in [1.82, 2.24) is 5.32 Å². The number of halogens is 1. The molecule has 4 rings (SSSR count). The SMILES string of the molecule is COc1ccc(OC)c(/C=C(/NC(=O)c2ccccc2)C(=O)Nc2cccc(SCC(=O)Nc3ccc(OC)c(Cl)c3)c2)c1. The maximum atomic E-state index is 13.5. The van der Waals surface area contributed by atoms with Gasteiger partial charge in [-0.1, -0.05) is 35.9 Å². The maximum absolute atomic E-state index is 13.5. The van der Waals surface area contributed by atoms with Crippen LogP contribution in [-0.2, 0) is 9.59 Å². The standard InChI is InChI=1S/C33H30ClN3O6S/c1-41-25-13-15-29(42-2)22(16-25)17-28(37-32(39)21-8-5-4-6-9-21)33(40)36-23-10-7-11-26(18-23)44-20-31(38)35-24-12-14-30(43-3)27(34)19-24/h4-19H,20H2,1-3H3,(H,35,38)(H,36,40)(H,37,39)/b28-17+. The molecule has 11 heteroatoms. The fourth-order valence-electron chi connectivity index (χ4n) is 4.00. The van der Waals surface area contributed by atoms with Crippen molar-refractivity contribution in [2.45, 2.75) is 4.90 Å². The van der Waals surface area contributed by atoms with Gasteiger partial charge in [0, 0.05) is 27.4 Å². The van der Waals surface area contributed by atoms with Gasteiger partial charge in [-0.2, -0.15) is 0 Å². The Kier molecular flexibility index (Phi) is 11.3. The molecule has 0 fully saturated rings. The molecule has 0 aromatic heterocycles. The van der Waals surface area contributed by atoms with E-state index in [9.17, 15) is 14.4 Å². The maximum Gasteiger partial charge on any atom is 0.272 e. The molecule has 0 bridgehead atoms. The Hall–Kier alpha value is -4.93. The number of hydrogen-bond acceptors (Lipinski definition) is 7. The minimum Gasteiger partial charge on any atom is -0.497 e. The van der Waals surface area contributed by atoms with E-state index in [1.165, 1.54) is 39.2 Å². The predicted molar refractivity (Wildman–Crippen MR) is 174 cm³/mol. The van der Waals surface area contributed by atoms with Gasteiger partial charge in [0.05, 0.1) is 32.1 Å². The quantitative estimate of drug-likeness (QED) is 0.121. The van der Waals surface area contributed by atoms with Gasteiger partial charge in [0.15, 0.2) is 0 Å². The van der Waals surface area contributed by atoms with E-state index in [4.69, 9.17) is 25.8 Å². The first kappa shape index (κ1) is 32.0. The summed E-state index contributed by atoms with van der Waals surface area (Å²) in [5, 5.41) is 8.74. The molecule has 0 saturated heterocycles. The number of hydrogen-bond donors (Lipinski definition) is 3. The highest BCUT2D eigenvalue weighted by atomic mass is 35.5. The number of amides is 3. The van der Waals surface area contributed by atoms with Gasteiger partial charge in [0.25, 0.3) is 11.8 Å². The second kappa shape index (κ2) is 15.5. The van der Waals surface area contributed by atoms with Crippen molar-refractivity contribution in [2.75, 3.05) is 37.7 Å². The van der Waals surface area contributed by atoms with Crippen molar-refractivity contribution in [1.29, 1.82) is 0 Å². The van der Waals surface area contributed by atoms with Crippen LogP contribution in [0.25, 0.3) is 6.08 Å². The first-order valence-electron chi connectivity index (χ1n) is 13.3. The van der Waals surface area contributed by atoms with Crippen molar-refractivity contribution in [3.8, 4) is 17.2 Å². The van der Waals surface area contributed by atoms with Crippen LogP contribution >= 0.6 is 23.4 Å². The first-order valence-corrected chi connectivity index (χ1v) is 14.6. The van der Waals surface area contributed by atoms with Crippen LogP contribution in [0.5, 0.6) is 17.2 Å². The molecule has 0 aliphatic carbocycles. The third-order valence-corrected chi connectivity index (χ3v) is 7.45. The summed E-state index contributed by atoms with van der Waals surface area (Å²) in [5.41, 5.74) is 1.92. The summed E-state index contributed by atoms with van der Waals surface area (Å²) >= 11 is 7.44. The van der Waals surface area contributed by atoms with Gasteiger partial charge in [-0.3, -0.25) is 14.4 Å². The van der Waals surface area contributed by atoms with Crippen LogP contribution in [0.3, 0.4) is 0 Å². The molecule has 0 aliphatic rings. The molecule has 44 heavy (non-hydrogen) atoms. The van der Waals surface area contributed by atoms with Gasteiger partial charge >= 0.3 is 0 Å². The van der Waals surface area contributed by atoms with E-state index in [0.717, 1.165) is 4.90 Å². The summed E-state index contributed by atoms with van der Waals surface area (Å²) < 4.78 is 15.9. The molecule has 0 spiro atoms. The lowest BCUT2D eigenvalue weighted by molar-refractivity contribution is -0.114. The normalized spacial score (nSPS) is 10.9. The third-order valence-electron chi connectivity index (χ3n) is 6.16. The highest BCUT2D eigenvalue weighted by molar-refractivity contribution is 8.00. The molecule has 4 aromatic carbocycles. The lowest BCUT2D eigenvalue weighted by Gasteiger charge is -2.14. The van der Waals surface area contributed by atoms with Gasteiger partial charge < -0.3 is 30.2 Å². The van der Waals surface area contributed by atoms with E-state index in [2.05, 4.69) is 16.0 Å². The number of nitrogens with one attached hydrogen (secondary N) is 3. The summed E-state index contributed by atoms with van der Waals surface area (Å²) in [7, 11) is 4.56. The van der Waals surface area contributed by atoms with E-state index in [-0.39, 0.29) is 17.4 Å². The van der Waals surface area contributed by atoms with Crippen LogP contribution in [0.15, 0.2) is 102 Å². The van der Waals surface area contributed by atoms with Gasteiger partial charge in [-0.15, -0.1) is 11.8 Å². The fourth-order valence-corrected chi connectivity index (χ4v) is 5.01. The van der Waals surface area contributed by atoms with Gasteiger partial charge in [0.2, 0.25) is 5.91 Å². The topological polar surface area (TPSA) is 115 Å². The lowest BCUT2D eigenvalue weighted by Crippen LogP contribution is -2.30. The summed E-state index contributed by atoms with van der Waals surface area (Å²) in [6, 6.07) is 25.7. The Morgan fingerprint density at radius 3 is 2.20 bits per heavy atom. The van der Waals surface area contributed by atoms with Gasteiger partial charge in [-0.25, -0.2) is 0 Å². The Balaban J connectivity index is 1.49. The van der Waals surface area contributed by atoms with Crippen LogP contribution in [0.2, 0.25) is 5.02 Å². The second-order valence-electron chi connectivity index (χ2n) is 9.15. The Morgan fingerprint density at radius 1 is 0.773 bits per heavy atom. The number of carbonyl (C=O) groups excluding carboxylic acids is 3. The minimum absolute atomic E-state index is 0.0130. The summed E-state index contributed by atoms with van der Waals surface area (Å²) in [6.45, 7) is 0. The number of anilines is 2. The summed E-state index contributed by atoms with van der Waals surface area (Å²) in [4.78, 5) is 39.9. The zero-order valence-electron chi connectivity index (χ0n) is 24.2. The van der Waals surface area contributed by atoms with E-state index in [0.29, 0.717) is 44.8 Å². The molecule has 0 unspecified atom stereocenters. The zero-order valence-corrected chi connectivity index (χ0v) is 25.8. The molecule has 0 aliphatic heterocycles. The lowest BCUT2D eigenvalue weighted by atomic mass is 10.1. The first-order chi connectivity index (χ1) is 21.3. The number of carbonyl (C=O) groups is 3. The number of ether oxygens (including phenoxy) is 3. The largest absolute Gasteiger partial charge is 0.497 e. The third kappa shape index (κ3) is 8.79. The smallest absolute Gasteiger partial charge is 0.272 e. The number of thioether (sulfide) groups is 1. The molecule has 0 saturated carbocycles. The molecule has 3 N–H and O–H groups in total.